The summed E-state index contributed by atoms with van der Waals surface area (Å²) in [5.41, 5.74) is 0.754. The summed E-state index contributed by atoms with van der Waals surface area (Å²) in [5.74, 6) is 0.120. The predicted molar refractivity (Wildman–Crippen MR) is 63.8 cm³/mol. The lowest BCUT2D eigenvalue weighted by atomic mass is 9.98. The van der Waals surface area contributed by atoms with Crippen molar-refractivity contribution in [2.45, 2.75) is 59.0 Å². The second-order valence-electron chi connectivity index (χ2n) is 5.07. The number of carbonyl (C=O) groups is 1. The van der Waals surface area contributed by atoms with Gasteiger partial charge in [-0.15, -0.1) is 0 Å². The maximum Gasteiger partial charge on any atom is 0.123 e. The lowest BCUT2D eigenvalue weighted by molar-refractivity contribution is -0.110. The average molecular weight is 212 g/mol. The second kappa shape index (κ2) is 6.78. The average Bonchev–Trinajstić information content (AvgIpc) is 2.12. The Kier molecular flexibility index (Phi) is 6.50. The zero-order chi connectivity index (χ0) is 11.9. The number of allylic oxidation sites excluding steroid dienone is 2. The molecule has 0 aromatic carbocycles. The quantitative estimate of drug-likeness (QED) is 0.520. The summed E-state index contributed by atoms with van der Waals surface area (Å²) in [6, 6.07) is 0. The number of carbonyl (C=O) groups excluding carboxylic acids is 1. The van der Waals surface area contributed by atoms with Crippen LogP contribution in [0.1, 0.15) is 53.4 Å². The largest absolute Gasteiger partial charge is 0.390 e. The molecule has 2 nitrogen and oxygen atoms in total. The van der Waals surface area contributed by atoms with Crippen LogP contribution in [0, 0.1) is 5.92 Å². The van der Waals surface area contributed by atoms with Gasteiger partial charge in [-0.2, -0.15) is 0 Å². The van der Waals surface area contributed by atoms with E-state index in [0.29, 0.717) is 0 Å². The third kappa shape index (κ3) is 9.67. The maximum atomic E-state index is 10.4. The van der Waals surface area contributed by atoms with Crippen molar-refractivity contribution in [3.63, 3.8) is 0 Å². The zero-order valence-electron chi connectivity index (χ0n) is 10.4. The Labute approximate surface area is 93.4 Å². The molecule has 0 fully saturated rings. The van der Waals surface area contributed by atoms with E-state index >= 15 is 0 Å². The normalized spacial score (nSPS) is 15.1. The lowest BCUT2D eigenvalue weighted by Crippen LogP contribution is -2.17. The minimum atomic E-state index is -0.559. The van der Waals surface area contributed by atoms with Crippen molar-refractivity contribution in [3.8, 4) is 0 Å². The molecule has 1 unspecified atom stereocenters. The van der Waals surface area contributed by atoms with E-state index in [0.717, 1.165) is 32.0 Å². The van der Waals surface area contributed by atoms with Gasteiger partial charge in [-0.3, -0.25) is 0 Å². The van der Waals surface area contributed by atoms with Crippen molar-refractivity contribution in [2.24, 2.45) is 5.92 Å². The first-order chi connectivity index (χ1) is 6.85. The van der Waals surface area contributed by atoms with Gasteiger partial charge in [0, 0.05) is 5.92 Å². The third-order valence-corrected chi connectivity index (χ3v) is 2.43. The molecule has 0 aliphatic rings. The van der Waals surface area contributed by atoms with Gasteiger partial charge in [-0.05, 0) is 46.5 Å². The summed E-state index contributed by atoms with van der Waals surface area (Å²) < 4.78 is 0. The van der Waals surface area contributed by atoms with Gasteiger partial charge in [0.15, 0.2) is 0 Å². The summed E-state index contributed by atoms with van der Waals surface area (Å²) in [4.78, 5) is 10.4. The molecule has 0 heterocycles. The van der Waals surface area contributed by atoms with Gasteiger partial charge in [-0.25, -0.2) is 0 Å². The second-order valence-corrected chi connectivity index (χ2v) is 5.07. The molecule has 0 aliphatic heterocycles. The van der Waals surface area contributed by atoms with Crippen LogP contribution >= 0.6 is 0 Å². The van der Waals surface area contributed by atoms with Gasteiger partial charge >= 0.3 is 0 Å². The topological polar surface area (TPSA) is 37.3 Å². The van der Waals surface area contributed by atoms with Crippen LogP contribution in [0.2, 0.25) is 0 Å². The molecule has 15 heavy (non-hydrogen) atoms. The van der Waals surface area contributed by atoms with Crippen LogP contribution in [0.15, 0.2) is 11.6 Å². The predicted octanol–water partition coefficient (Wildman–Crippen LogP) is 3.10. The van der Waals surface area contributed by atoms with Gasteiger partial charge in [-0.1, -0.05) is 18.6 Å². The Hall–Kier alpha value is -0.630. The van der Waals surface area contributed by atoms with Gasteiger partial charge in [0.05, 0.1) is 5.60 Å². The molecule has 0 amide bonds. The molecule has 0 aliphatic carbocycles. The van der Waals surface area contributed by atoms with Crippen LogP contribution in [0.3, 0.4) is 0 Å². The van der Waals surface area contributed by atoms with Crippen molar-refractivity contribution in [2.75, 3.05) is 0 Å². The van der Waals surface area contributed by atoms with E-state index in [2.05, 4.69) is 13.0 Å². The molecule has 0 bridgehead atoms. The van der Waals surface area contributed by atoms with E-state index in [1.807, 2.05) is 20.8 Å². The van der Waals surface area contributed by atoms with Crippen molar-refractivity contribution in [1.82, 2.24) is 0 Å². The molecule has 0 radical (unpaired) electrons. The molecule has 0 rings (SSSR count). The van der Waals surface area contributed by atoms with Crippen molar-refractivity contribution >= 4 is 6.29 Å². The lowest BCUT2D eigenvalue weighted by Gasteiger charge is -2.16. The first-order valence-corrected chi connectivity index (χ1v) is 5.68. The summed E-state index contributed by atoms with van der Waals surface area (Å²) in [6.45, 7) is 7.68. The highest BCUT2D eigenvalue weighted by Crippen LogP contribution is 2.16. The number of aliphatic hydroxyl groups is 1. The molecule has 0 spiro atoms. The maximum absolute atomic E-state index is 10.4. The Morgan fingerprint density at radius 2 is 2.07 bits per heavy atom. The minimum Gasteiger partial charge on any atom is -0.390 e. The fourth-order valence-corrected chi connectivity index (χ4v) is 1.34. The van der Waals surface area contributed by atoms with E-state index in [4.69, 9.17) is 0 Å². The van der Waals surface area contributed by atoms with Crippen LogP contribution in [0.5, 0.6) is 0 Å². The number of hydrogen-bond acceptors (Lipinski definition) is 2. The van der Waals surface area contributed by atoms with Crippen LogP contribution in [-0.2, 0) is 4.79 Å². The minimum absolute atomic E-state index is 0.120. The van der Waals surface area contributed by atoms with E-state index in [1.165, 1.54) is 5.57 Å². The van der Waals surface area contributed by atoms with Crippen LogP contribution in [0.25, 0.3) is 0 Å². The zero-order valence-corrected chi connectivity index (χ0v) is 10.4. The van der Waals surface area contributed by atoms with Gasteiger partial charge in [0.2, 0.25) is 0 Å². The molecule has 0 aromatic rings. The van der Waals surface area contributed by atoms with Gasteiger partial charge in [0.25, 0.3) is 0 Å². The first kappa shape index (κ1) is 14.4. The van der Waals surface area contributed by atoms with E-state index in [-0.39, 0.29) is 5.92 Å². The molecule has 88 valence electrons. The van der Waals surface area contributed by atoms with Gasteiger partial charge in [0.1, 0.15) is 6.29 Å². The Morgan fingerprint density at radius 1 is 1.47 bits per heavy atom. The molecule has 0 aromatic heterocycles. The summed E-state index contributed by atoms with van der Waals surface area (Å²) >= 11 is 0. The summed E-state index contributed by atoms with van der Waals surface area (Å²) in [7, 11) is 0. The smallest absolute Gasteiger partial charge is 0.123 e. The monoisotopic (exact) mass is 212 g/mol. The molecule has 0 saturated heterocycles. The fraction of sp³-hybridized carbons (Fsp3) is 0.769. The van der Waals surface area contributed by atoms with Crippen molar-refractivity contribution < 1.29 is 9.90 Å². The van der Waals surface area contributed by atoms with Crippen molar-refractivity contribution in [3.05, 3.63) is 11.6 Å². The van der Waals surface area contributed by atoms with Crippen LogP contribution < -0.4 is 0 Å². The molecule has 1 atom stereocenters. The van der Waals surface area contributed by atoms with E-state index < -0.39 is 5.60 Å². The highest BCUT2D eigenvalue weighted by molar-refractivity contribution is 5.53. The third-order valence-electron chi connectivity index (χ3n) is 2.43. The summed E-state index contributed by atoms with van der Waals surface area (Å²) in [5, 5.41) is 9.52. The highest BCUT2D eigenvalue weighted by Gasteiger charge is 2.11. The summed E-state index contributed by atoms with van der Waals surface area (Å²) in [6.07, 6.45) is 6.78. The van der Waals surface area contributed by atoms with E-state index in [1.54, 1.807) is 0 Å². The van der Waals surface area contributed by atoms with Crippen molar-refractivity contribution in [1.29, 1.82) is 0 Å². The molecule has 2 heteroatoms. The molecule has 0 saturated carbocycles. The SMILES string of the molecule is C/C(=C\CC(C)C=O)CCCC(C)(C)O. The standard InChI is InChI=1S/C13H24O2/c1-11(7-8-12(2)10-14)6-5-9-13(3,4)15/h7,10,12,15H,5-6,8-9H2,1-4H3/b11-7+. The fourth-order valence-electron chi connectivity index (χ4n) is 1.34. The highest BCUT2D eigenvalue weighted by atomic mass is 16.3. The van der Waals surface area contributed by atoms with Crippen LogP contribution in [-0.4, -0.2) is 17.0 Å². The Bertz CT molecular complexity index is 211. The Balaban J connectivity index is 3.73. The van der Waals surface area contributed by atoms with Crippen LogP contribution in [0.4, 0.5) is 0 Å². The number of rotatable bonds is 7. The first-order valence-electron chi connectivity index (χ1n) is 5.68. The Morgan fingerprint density at radius 3 is 2.53 bits per heavy atom. The number of aldehydes is 1. The van der Waals surface area contributed by atoms with Gasteiger partial charge < -0.3 is 9.90 Å². The van der Waals surface area contributed by atoms with E-state index in [9.17, 15) is 9.90 Å². The molecular formula is C13H24O2. The molecule has 1 N–H and O–H groups in total. The molecular weight excluding hydrogens is 188 g/mol. The number of hydrogen-bond donors (Lipinski definition) is 1.